The van der Waals surface area contributed by atoms with Crippen LogP contribution in [0.2, 0.25) is 0 Å². The van der Waals surface area contributed by atoms with Gasteiger partial charge in [-0.3, -0.25) is 9.11 Å². The minimum absolute atomic E-state index is 0. The van der Waals surface area contributed by atoms with E-state index in [1.807, 2.05) is 0 Å². The molecule has 0 amide bonds. The largest absolute Gasteiger partial charge is 0 e. The first-order valence-corrected chi connectivity index (χ1v) is 1.60. The number of hydrogen-bond donors (Lipinski definition) is 2. The first-order chi connectivity index (χ1) is 1.73. The van der Waals surface area contributed by atoms with E-state index in [1.54, 1.807) is 0 Å². The minimum atomic E-state index is -2.61. The van der Waals surface area contributed by atoms with Crippen LogP contribution in [0.5, 0.6) is 0 Å². The molecule has 0 saturated heterocycles. The zero-order chi connectivity index (χ0) is 3.58. The van der Waals surface area contributed by atoms with E-state index >= 15 is 0 Å². The van der Waals surface area contributed by atoms with Crippen LogP contribution < -0.4 is 0 Å². The summed E-state index contributed by atoms with van der Waals surface area (Å²) in [4.78, 5) is 0. The fraction of sp³-hybridized carbons (Fsp3) is 0. The van der Waals surface area contributed by atoms with Crippen LogP contribution in [0, 0.1) is 0 Å². The van der Waals surface area contributed by atoms with E-state index in [0.29, 0.717) is 0 Å². The smallest absolute Gasteiger partial charge is 0 e. The summed E-state index contributed by atoms with van der Waals surface area (Å²) in [5, 5.41) is 0. The van der Waals surface area contributed by atoms with Crippen LogP contribution in [0.25, 0.3) is 0 Å². The predicted octanol–water partition coefficient (Wildman–Crippen LogP) is -1.24. The predicted molar refractivity (Wildman–Crippen MR) is 21.9 cm³/mol. The average molecular weight is 180 g/mol. The van der Waals surface area contributed by atoms with Crippen LogP contribution in [-0.2, 0) is 28.4 Å². The van der Waals surface area contributed by atoms with Gasteiger partial charge in [-0.05, 0) is 0 Å². The van der Waals surface area contributed by atoms with Crippen molar-refractivity contribution in [1.29, 1.82) is 0 Å². The Morgan fingerprint density at radius 3 is 1.33 bits per heavy atom. The van der Waals surface area contributed by atoms with Crippen molar-refractivity contribution in [2.75, 3.05) is 0 Å². The summed E-state index contributed by atoms with van der Waals surface area (Å²) < 4.78 is 22.8. The standard InChI is InChI=1S/Ca.Fe.H2O3S.2H/c;;1-4(2)3;;/h;;(H2,1,2,3);;. The van der Waals surface area contributed by atoms with Gasteiger partial charge in [0.05, 0.1) is 0 Å². The van der Waals surface area contributed by atoms with Crippen LogP contribution in [-0.4, -0.2) is 51.1 Å². The molecule has 6 heteroatoms. The summed E-state index contributed by atoms with van der Waals surface area (Å²) in [6.45, 7) is 0. The molecule has 3 nitrogen and oxygen atoms in total. The Morgan fingerprint density at radius 1 is 1.33 bits per heavy atom. The van der Waals surface area contributed by atoms with Crippen molar-refractivity contribution in [3.63, 3.8) is 0 Å². The van der Waals surface area contributed by atoms with Gasteiger partial charge in [0.2, 0.25) is 0 Å². The Morgan fingerprint density at radius 2 is 1.33 bits per heavy atom. The third-order valence-corrected chi connectivity index (χ3v) is 0. The van der Waals surface area contributed by atoms with E-state index in [9.17, 15) is 0 Å². The van der Waals surface area contributed by atoms with E-state index in [4.69, 9.17) is 13.3 Å². The summed E-state index contributed by atoms with van der Waals surface area (Å²) >= 11 is -2.61. The maximum Gasteiger partial charge on any atom is 0 e. The third kappa shape index (κ3) is 40.2. The summed E-state index contributed by atoms with van der Waals surface area (Å²) in [5.74, 6) is 0. The van der Waals surface area contributed by atoms with Crippen molar-refractivity contribution in [2.45, 2.75) is 0 Å². The zero-order valence-electron chi connectivity index (χ0n) is 2.06. The number of rotatable bonds is 0. The molecule has 0 rings (SSSR count). The van der Waals surface area contributed by atoms with Crippen molar-refractivity contribution in [1.82, 2.24) is 0 Å². The molecule has 0 fully saturated rings. The van der Waals surface area contributed by atoms with Crippen molar-refractivity contribution < 1.29 is 30.4 Å². The molecule has 0 bridgehead atoms. The molecule has 0 heterocycles. The quantitative estimate of drug-likeness (QED) is 0.362. The second-order valence-corrected chi connectivity index (χ2v) is 0.692. The second-order valence-electron chi connectivity index (χ2n) is 0.231. The topological polar surface area (TPSA) is 57.5 Å². The van der Waals surface area contributed by atoms with Gasteiger partial charge in [0.1, 0.15) is 0 Å². The zero-order valence-corrected chi connectivity index (χ0v) is 3.99. The summed E-state index contributed by atoms with van der Waals surface area (Å²) in [6, 6.07) is 0. The van der Waals surface area contributed by atoms with Crippen molar-refractivity contribution in [3.8, 4) is 0 Å². The summed E-state index contributed by atoms with van der Waals surface area (Å²) in [7, 11) is 0. The Hall–Kier alpha value is 1.85. The normalized spacial score (nSPS) is 5.83. The van der Waals surface area contributed by atoms with Crippen molar-refractivity contribution in [2.24, 2.45) is 0 Å². The van der Waals surface area contributed by atoms with Gasteiger partial charge in [-0.15, -0.1) is 0 Å². The molecule has 0 aromatic rings. The molecule has 6 heavy (non-hydrogen) atoms. The van der Waals surface area contributed by atoms with E-state index in [-0.39, 0.29) is 54.8 Å². The molecule has 0 aromatic heterocycles. The molecule has 0 atom stereocenters. The number of hydrogen-bond acceptors (Lipinski definition) is 1. The first kappa shape index (κ1) is 15.7. The molecule has 0 spiro atoms. The van der Waals surface area contributed by atoms with Gasteiger partial charge in [-0.25, -0.2) is 0 Å². The molecule has 0 aliphatic carbocycles. The molecule has 0 radical (unpaired) electrons. The maximum absolute atomic E-state index is 8.67. The third-order valence-electron chi connectivity index (χ3n) is 0. The van der Waals surface area contributed by atoms with E-state index in [1.165, 1.54) is 0 Å². The molecular weight excluding hydrogens is 176 g/mol. The Balaban J connectivity index is -0.0000000450. The molecule has 0 aliphatic rings. The van der Waals surface area contributed by atoms with Gasteiger partial charge < -0.3 is 0 Å². The average Bonchev–Trinajstić information content (AvgIpc) is 0.811. The fourth-order valence-electron chi connectivity index (χ4n) is 0. The molecule has 0 aromatic carbocycles. The van der Waals surface area contributed by atoms with E-state index in [2.05, 4.69) is 0 Å². The fourth-order valence-corrected chi connectivity index (χ4v) is 0. The molecule has 0 saturated carbocycles. The van der Waals surface area contributed by atoms with Gasteiger partial charge in [0.15, 0.2) is 0 Å². The van der Waals surface area contributed by atoms with Crippen LogP contribution in [0.4, 0.5) is 0 Å². The maximum atomic E-state index is 8.67. The summed E-state index contributed by atoms with van der Waals surface area (Å²) in [6.07, 6.45) is 0. The van der Waals surface area contributed by atoms with Gasteiger partial charge in [0, 0.05) is 17.1 Å². The molecule has 38 valence electrons. The Bertz CT molecular complexity index is 33.8. The van der Waals surface area contributed by atoms with Gasteiger partial charge in [0.25, 0.3) is 11.4 Å². The minimum Gasteiger partial charge on any atom is 0 e. The summed E-state index contributed by atoms with van der Waals surface area (Å²) in [5.41, 5.74) is 0. The van der Waals surface area contributed by atoms with Gasteiger partial charge in [-0.1, -0.05) is 0 Å². The van der Waals surface area contributed by atoms with Gasteiger partial charge in [-0.2, -0.15) is 4.21 Å². The van der Waals surface area contributed by atoms with Crippen LogP contribution >= 0.6 is 0 Å². The monoisotopic (exact) mass is 180 g/mol. The molecule has 0 aliphatic heterocycles. The first-order valence-electron chi connectivity index (χ1n) is 0.532. The molecule has 2 N–H and O–H groups in total. The second kappa shape index (κ2) is 9.97. The van der Waals surface area contributed by atoms with Crippen molar-refractivity contribution in [3.05, 3.63) is 0 Å². The SMILES string of the molecule is O=S(O)O.[CaH2].[Fe]. The van der Waals surface area contributed by atoms with E-state index < -0.39 is 11.4 Å². The van der Waals surface area contributed by atoms with Crippen LogP contribution in [0.15, 0.2) is 0 Å². The van der Waals surface area contributed by atoms with Crippen LogP contribution in [0.1, 0.15) is 0 Å². The molecule has 0 unspecified atom stereocenters. The van der Waals surface area contributed by atoms with Crippen molar-refractivity contribution >= 4 is 49.1 Å². The Kier molecular flexibility index (Phi) is 26.0. The van der Waals surface area contributed by atoms with E-state index in [0.717, 1.165) is 0 Å². The van der Waals surface area contributed by atoms with Gasteiger partial charge >= 0.3 is 37.7 Å². The Labute approximate surface area is 78.5 Å². The van der Waals surface area contributed by atoms with Crippen LogP contribution in [0.3, 0.4) is 0 Å². The molecular formula is H4CaFeO3S.